The Labute approximate surface area is 75.4 Å². The summed E-state index contributed by atoms with van der Waals surface area (Å²) in [5.41, 5.74) is 0. The Morgan fingerprint density at radius 1 is 1.91 bits per heavy atom. The number of hydrogen-bond donors (Lipinski definition) is 2. The van der Waals surface area contributed by atoms with Gasteiger partial charge in [-0.25, -0.2) is 9.78 Å². The van der Waals surface area contributed by atoms with Crippen molar-refractivity contribution < 1.29 is 9.90 Å². The summed E-state index contributed by atoms with van der Waals surface area (Å²) in [5.74, 6) is 0. The number of nitrogens with one attached hydrogen (secondary N) is 1. The van der Waals surface area contributed by atoms with Crippen LogP contribution in [0.5, 0.6) is 0 Å². The number of hydrogen-bond acceptors (Lipinski definition) is 3. The lowest BCUT2D eigenvalue weighted by Crippen LogP contribution is -2.19. The number of rotatable bonds is 2. The van der Waals surface area contributed by atoms with E-state index in [1.54, 1.807) is 6.20 Å². The topological polar surface area (TPSA) is 62.2 Å². The third-order valence-electron chi connectivity index (χ3n) is 0.916. The Hall–Kier alpha value is -0.620. The Bertz CT molecular complexity index is 263. The lowest BCUT2D eigenvalue weighted by atomic mass is 10.7. The van der Waals surface area contributed by atoms with Crippen LogP contribution in [0.4, 0.5) is 4.79 Å². The molecule has 0 aliphatic carbocycles. The van der Waals surface area contributed by atoms with Crippen molar-refractivity contribution in [1.82, 2.24) is 10.3 Å². The van der Waals surface area contributed by atoms with Crippen LogP contribution in [0, 0.1) is 0 Å². The van der Waals surface area contributed by atoms with Crippen molar-refractivity contribution in [3.8, 4) is 0 Å². The standard InChI is InChI=1S/C5H5BrN2O2S/c6-3-1-7-4(11-3)2-8-5(9)10/h1,8H,2H2,(H,9,10). The maximum absolute atomic E-state index is 10.0. The largest absolute Gasteiger partial charge is 0.465 e. The van der Waals surface area contributed by atoms with Crippen molar-refractivity contribution in [3.63, 3.8) is 0 Å². The molecule has 0 saturated heterocycles. The van der Waals surface area contributed by atoms with Crippen molar-refractivity contribution in [3.05, 3.63) is 15.0 Å². The Balaban J connectivity index is 2.45. The van der Waals surface area contributed by atoms with E-state index in [4.69, 9.17) is 5.11 Å². The molecule has 1 heterocycles. The van der Waals surface area contributed by atoms with Gasteiger partial charge in [0.15, 0.2) is 0 Å². The molecule has 2 N–H and O–H groups in total. The van der Waals surface area contributed by atoms with Gasteiger partial charge in [0.1, 0.15) is 5.01 Å². The molecule has 0 spiro atoms. The molecule has 0 aromatic carbocycles. The Morgan fingerprint density at radius 3 is 3.09 bits per heavy atom. The molecule has 0 unspecified atom stereocenters. The molecule has 0 radical (unpaired) electrons. The van der Waals surface area contributed by atoms with Crippen molar-refractivity contribution in [2.75, 3.05) is 0 Å². The fourth-order valence-electron chi connectivity index (χ4n) is 0.521. The summed E-state index contributed by atoms with van der Waals surface area (Å²) in [6.45, 7) is 0.269. The highest BCUT2D eigenvalue weighted by Gasteiger charge is 2.00. The number of amides is 1. The van der Waals surface area contributed by atoms with Gasteiger partial charge in [0.2, 0.25) is 0 Å². The van der Waals surface area contributed by atoms with Crippen LogP contribution in [0.15, 0.2) is 9.98 Å². The predicted octanol–water partition coefficient (Wildman–Crippen LogP) is 1.67. The van der Waals surface area contributed by atoms with Gasteiger partial charge in [-0.15, -0.1) is 11.3 Å². The monoisotopic (exact) mass is 236 g/mol. The van der Waals surface area contributed by atoms with Crippen LogP contribution >= 0.6 is 27.3 Å². The van der Waals surface area contributed by atoms with Crippen molar-refractivity contribution >= 4 is 33.4 Å². The number of thiazole rings is 1. The molecular weight excluding hydrogens is 232 g/mol. The fourth-order valence-corrected chi connectivity index (χ4v) is 1.76. The molecule has 1 rings (SSSR count). The molecule has 1 amide bonds. The lowest BCUT2D eigenvalue weighted by molar-refractivity contribution is 0.194. The quantitative estimate of drug-likeness (QED) is 0.822. The second-order valence-electron chi connectivity index (χ2n) is 1.72. The van der Waals surface area contributed by atoms with E-state index >= 15 is 0 Å². The molecule has 0 aliphatic rings. The van der Waals surface area contributed by atoms with Crippen LogP contribution < -0.4 is 5.32 Å². The smallest absolute Gasteiger partial charge is 0.405 e. The van der Waals surface area contributed by atoms with E-state index in [-0.39, 0.29) is 6.54 Å². The second kappa shape index (κ2) is 3.68. The summed E-state index contributed by atoms with van der Waals surface area (Å²) in [4.78, 5) is 14.0. The second-order valence-corrected chi connectivity index (χ2v) is 4.21. The van der Waals surface area contributed by atoms with E-state index in [1.807, 2.05) is 0 Å². The van der Waals surface area contributed by atoms with E-state index in [1.165, 1.54) is 11.3 Å². The first-order chi connectivity index (χ1) is 5.18. The van der Waals surface area contributed by atoms with Gasteiger partial charge in [-0.05, 0) is 15.9 Å². The van der Waals surface area contributed by atoms with Crippen molar-refractivity contribution in [2.24, 2.45) is 0 Å². The molecule has 11 heavy (non-hydrogen) atoms. The average Bonchev–Trinajstić information content (AvgIpc) is 2.31. The van der Waals surface area contributed by atoms with E-state index in [0.717, 1.165) is 8.79 Å². The SMILES string of the molecule is O=C(O)NCc1ncc(Br)s1. The third kappa shape index (κ3) is 2.85. The molecule has 1 aromatic heterocycles. The number of nitrogens with zero attached hydrogens (tertiary/aromatic N) is 1. The number of aromatic nitrogens is 1. The summed E-state index contributed by atoms with van der Waals surface area (Å²) >= 11 is 4.63. The van der Waals surface area contributed by atoms with Crippen LogP contribution in [0.25, 0.3) is 0 Å². The minimum atomic E-state index is -1.03. The highest BCUT2D eigenvalue weighted by molar-refractivity contribution is 9.11. The minimum absolute atomic E-state index is 0.269. The molecule has 1 aromatic rings. The molecule has 0 bridgehead atoms. The molecular formula is C5H5BrN2O2S. The summed E-state index contributed by atoms with van der Waals surface area (Å²) in [6.07, 6.45) is 0.611. The first-order valence-corrected chi connectivity index (χ1v) is 4.36. The van der Waals surface area contributed by atoms with Crippen LogP contribution in [-0.2, 0) is 6.54 Å². The van der Waals surface area contributed by atoms with E-state index in [2.05, 4.69) is 26.2 Å². The first kappa shape index (κ1) is 8.48. The summed E-state index contributed by atoms with van der Waals surface area (Å²) in [6, 6.07) is 0. The maximum atomic E-state index is 10.0. The van der Waals surface area contributed by atoms with Gasteiger partial charge in [-0.3, -0.25) is 0 Å². The lowest BCUT2D eigenvalue weighted by Gasteiger charge is -1.93. The molecule has 0 saturated carbocycles. The van der Waals surface area contributed by atoms with Crippen LogP contribution in [0.3, 0.4) is 0 Å². The Kier molecular flexibility index (Phi) is 2.84. The number of carbonyl (C=O) groups is 1. The third-order valence-corrected chi connectivity index (χ3v) is 2.39. The zero-order valence-electron chi connectivity index (χ0n) is 5.37. The van der Waals surface area contributed by atoms with Crippen LogP contribution in [-0.4, -0.2) is 16.2 Å². The molecule has 4 nitrogen and oxygen atoms in total. The highest BCUT2D eigenvalue weighted by Crippen LogP contribution is 2.18. The van der Waals surface area contributed by atoms with Crippen molar-refractivity contribution in [2.45, 2.75) is 6.54 Å². The highest BCUT2D eigenvalue weighted by atomic mass is 79.9. The fraction of sp³-hybridized carbons (Fsp3) is 0.200. The molecule has 6 heteroatoms. The maximum Gasteiger partial charge on any atom is 0.405 e. The van der Waals surface area contributed by atoms with E-state index in [9.17, 15) is 4.79 Å². The summed E-state index contributed by atoms with van der Waals surface area (Å²) in [7, 11) is 0. The number of carboxylic acid groups (broad SMARTS) is 1. The Morgan fingerprint density at radius 2 is 2.64 bits per heavy atom. The number of halogens is 1. The molecule has 60 valence electrons. The molecule has 0 aliphatic heterocycles. The van der Waals surface area contributed by atoms with Gasteiger partial charge in [-0.2, -0.15) is 0 Å². The minimum Gasteiger partial charge on any atom is -0.465 e. The average molecular weight is 237 g/mol. The normalized spacial score (nSPS) is 9.55. The summed E-state index contributed by atoms with van der Waals surface area (Å²) in [5, 5.41) is 11.2. The van der Waals surface area contributed by atoms with Gasteiger partial charge < -0.3 is 10.4 Å². The summed E-state index contributed by atoms with van der Waals surface area (Å²) < 4.78 is 0.902. The zero-order chi connectivity index (χ0) is 8.27. The van der Waals surface area contributed by atoms with Gasteiger partial charge >= 0.3 is 6.09 Å². The first-order valence-electron chi connectivity index (χ1n) is 2.75. The van der Waals surface area contributed by atoms with Gasteiger partial charge in [0.05, 0.1) is 16.5 Å². The van der Waals surface area contributed by atoms with E-state index in [0.29, 0.717) is 0 Å². The van der Waals surface area contributed by atoms with Gasteiger partial charge in [0.25, 0.3) is 0 Å². The molecule has 0 fully saturated rings. The van der Waals surface area contributed by atoms with Gasteiger partial charge in [0, 0.05) is 0 Å². The van der Waals surface area contributed by atoms with Crippen molar-refractivity contribution in [1.29, 1.82) is 0 Å². The predicted molar refractivity (Wildman–Crippen MR) is 44.7 cm³/mol. The van der Waals surface area contributed by atoms with E-state index < -0.39 is 6.09 Å². The van der Waals surface area contributed by atoms with Gasteiger partial charge in [-0.1, -0.05) is 0 Å². The molecule has 0 atom stereocenters. The van der Waals surface area contributed by atoms with Crippen LogP contribution in [0.2, 0.25) is 0 Å². The van der Waals surface area contributed by atoms with Crippen LogP contribution in [0.1, 0.15) is 5.01 Å². The zero-order valence-corrected chi connectivity index (χ0v) is 7.78.